The lowest BCUT2D eigenvalue weighted by atomic mass is 10.1. The van der Waals surface area contributed by atoms with Gasteiger partial charge >= 0.3 is 0 Å². The Kier molecular flexibility index (Phi) is 9.23. The molecule has 2 aromatic rings. The van der Waals surface area contributed by atoms with Crippen molar-refractivity contribution in [2.75, 3.05) is 13.2 Å². The number of carbonyl (C=O) groups is 2. The molecule has 0 saturated heterocycles. The van der Waals surface area contributed by atoms with E-state index in [1.165, 1.54) is 4.90 Å². The van der Waals surface area contributed by atoms with E-state index in [4.69, 9.17) is 16.3 Å². The molecule has 2 aromatic carbocycles. The highest BCUT2D eigenvalue weighted by Gasteiger charge is 2.27. The fraction of sp³-hybridized carbons (Fsp3) is 0.364. The number of halogens is 2. The van der Waals surface area contributed by atoms with Crippen LogP contribution in [0.4, 0.5) is 0 Å². The Morgan fingerprint density at radius 3 is 2.38 bits per heavy atom. The molecule has 1 N–H and O–H groups in total. The summed E-state index contributed by atoms with van der Waals surface area (Å²) in [4.78, 5) is 27.1. The summed E-state index contributed by atoms with van der Waals surface area (Å²) in [6, 6.07) is 14.1. The number of rotatable bonds is 9. The molecule has 0 aliphatic carbocycles. The Bertz CT molecular complexity index is 827. The summed E-state index contributed by atoms with van der Waals surface area (Å²) in [6.07, 6.45) is 0. The zero-order chi connectivity index (χ0) is 21.4. The number of hydrogen-bond donors (Lipinski definition) is 1. The largest absolute Gasteiger partial charge is 0.484 e. The molecule has 0 unspecified atom stereocenters. The molecular weight excluding hydrogens is 503 g/mol. The third kappa shape index (κ3) is 7.51. The average Bonchev–Trinajstić information content (AvgIpc) is 2.70. The molecule has 0 bridgehead atoms. The zero-order valence-corrected chi connectivity index (χ0v) is 19.7. The first-order valence-electron chi connectivity index (χ1n) is 9.47. The summed E-state index contributed by atoms with van der Waals surface area (Å²) in [5.41, 5.74) is 0.778. The normalized spacial score (nSPS) is 11.8. The molecule has 1 atom stereocenters. The number of benzene rings is 2. The van der Waals surface area contributed by atoms with Crippen molar-refractivity contribution in [1.29, 1.82) is 0 Å². The molecule has 156 valence electrons. The van der Waals surface area contributed by atoms with Gasteiger partial charge in [-0.3, -0.25) is 9.59 Å². The van der Waals surface area contributed by atoms with E-state index in [1.54, 1.807) is 13.0 Å². The molecule has 0 heterocycles. The van der Waals surface area contributed by atoms with E-state index < -0.39 is 6.04 Å². The molecule has 0 spiro atoms. The van der Waals surface area contributed by atoms with Gasteiger partial charge in [-0.1, -0.05) is 43.6 Å². The Labute approximate surface area is 190 Å². The van der Waals surface area contributed by atoms with Crippen molar-refractivity contribution in [3.63, 3.8) is 0 Å². The summed E-state index contributed by atoms with van der Waals surface area (Å²) in [6.45, 7) is 6.38. The molecule has 0 radical (unpaired) electrons. The van der Waals surface area contributed by atoms with Gasteiger partial charge in [0.25, 0.3) is 5.91 Å². The molecule has 0 aliphatic rings. The third-order valence-corrected chi connectivity index (χ3v) is 5.41. The van der Waals surface area contributed by atoms with Crippen LogP contribution in [-0.2, 0) is 16.1 Å². The predicted molar refractivity (Wildman–Crippen MR) is 124 cm³/mol. The van der Waals surface area contributed by atoms with Gasteiger partial charge in [-0.15, -0.1) is 0 Å². The first-order valence-corrected chi connectivity index (χ1v) is 10.9. The fourth-order valence-electron chi connectivity index (χ4n) is 2.60. The van der Waals surface area contributed by atoms with Crippen molar-refractivity contribution >= 4 is 46.0 Å². The van der Waals surface area contributed by atoms with Crippen LogP contribution in [0.3, 0.4) is 0 Å². The topological polar surface area (TPSA) is 58.6 Å². The van der Waals surface area contributed by atoms with Crippen molar-refractivity contribution in [3.05, 3.63) is 62.7 Å². The second-order valence-electron chi connectivity index (χ2n) is 7.17. The van der Waals surface area contributed by atoms with E-state index in [1.807, 2.05) is 56.3 Å². The van der Waals surface area contributed by atoms with Gasteiger partial charge in [-0.2, -0.15) is 0 Å². The van der Waals surface area contributed by atoms with Crippen molar-refractivity contribution in [2.24, 2.45) is 5.92 Å². The fourth-order valence-corrected chi connectivity index (χ4v) is 3.16. The first kappa shape index (κ1) is 23.5. The zero-order valence-electron chi connectivity index (χ0n) is 16.8. The van der Waals surface area contributed by atoms with Gasteiger partial charge in [0.1, 0.15) is 11.8 Å². The minimum Gasteiger partial charge on any atom is -0.484 e. The Hall–Kier alpha value is -1.80. The van der Waals surface area contributed by atoms with Crippen LogP contribution >= 0.6 is 34.2 Å². The Morgan fingerprint density at radius 2 is 1.76 bits per heavy atom. The summed E-state index contributed by atoms with van der Waals surface area (Å²) in [7, 11) is 0. The number of nitrogens with zero attached hydrogens (tertiary/aromatic N) is 1. The van der Waals surface area contributed by atoms with Crippen molar-refractivity contribution < 1.29 is 14.3 Å². The summed E-state index contributed by atoms with van der Waals surface area (Å²) < 4.78 is 6.72. The van der Waals surface area contributed by atoms with Crippen LogP contribution in [0.1, 0.15) is 26.3 Å². The highest BCUT2D eigenvalue weighted by molar-refractivity contribution is 14.1. The molecule has 2 amide bonds. The van der Waals surface area contributed by atoms with E-state index in [-0.39, 0.29) is 25.0 Å². The molecule has 5 nitrogen and oxygen atoms in total. The van der Waals surface area contributed by atoms with Crippen molar-refractivity contribution in [1.82, 2.24) is 10.2 Å². The van der Waals surface area contributed by atoms with Crippen molar-refractivity contribution in [3.8, 4) is 5.75 Å². The third-order valence-electron chi connectivity index (χ3n) is 4.33. The summed E-state index contributed by atoms with van der Waals surface area (Å²) in [5, 5.41) is 3.44. The standard InChI is InChI=1S/C22H26ClIN2O3/c1-15(2)12-25-22(28)16(3)26(13-17-6-4-5-7-20(17)23)21(27)14-29-19-10-8-18(24)9-11-19/h4-11,15-16H,12-14H2,1-3H3,(H,25,28)/t16-/m0/s1. The molecule has 0 fully saturated rings. The maximum absolute atomic E-state index is 13.0. The van der Waals surface area contributed by atoms with Crippen LogP contribution in [0, 0.1) is 9.49 Å². The van der Waals surface area contributed by atoms with Gasteiger partial charge in [0.05, 0.1) is 0 Å². The van der Waals surface area contributed by atoms with Crippen LogP contribution in [0.25, 0.3) is 0 Å². The van der Waals surface area contributed by atoms with E-state index in [0.29, 0.717) is 23.2 Å². The van der Waals surface area contributed by atoms with E-state index in [9.17, 15) is 9.59 Å². The van der Waals surface area contributed by atoms with E-state index in [0.717, 1.165) is 9.13 Å². The lowest BCUT2D eigenvalue weighted by Gasteiger charge is -2.29. The second kappa shape index (κ2) is 11.4. The Morgan fingerprint density at radius 1 is 1.10 bits per heavy atom. The molecule has 2 rings (SSSR count). The second-order valence-corrected chi connectivity index (χ2v) is 8.82. The number of carbonyl (C=O) groups excluding carboxylic acids is 2. The molecule has 0 aromatic heterocycles. The molecular formula is C22H26ClIN2O3. The molecule has 29 heavy (non-hydrogen) atoms. The predicted octanol–water partition coefficient (Wildman–Crippen LogP) is 4.51. The van der Waals surface area contributed by atoms with E-state index >= 15 is 0 Å². The number of nitrogens with one attached hydrogen (secondary N) is 1. The smallest absolute Gasteiger partial charge is 0.261 e. The number of ether oxygens (including phenoxy) is 1. The monoisotopic (exact) mass is 528 g/mol. The van der Waals surface area contributed by atoms with Gasteiger partial charge in [0.2, 0.25) is 5.91 Å². The number of amides is 2. The van der Waals surface area contributed by atoms with E-state index in [2.05, 4.69) is 27.9 Å². The van der Waals surface area contributed by atoms with Gasteiger partial charge in [0.15, 0.2) is 6.61 Å². The van der Waals surface area contributed by atoms with Crippen molar-refractivity contribution in [2.45, 2.75) is 33.4 Å². The van der Waals surface area contributed by atoms with Crippen LogP contribution in [0.5, 0.6) is 5.75 Å². The molecule has 0 saturated carbocycles. The lowest BCUT2D eigenvalue weighted by Crippen LogP contribution is -2.49. The number of hydrogen-bond acceptors (Lipinski definition) is 3. The average molecular weight is 529 g/mol. The highest BCUT2D eigenvalue weighted by atomic mass is 127. The van der Waals surface area contributed by atoms with Gasteiger partial charge in [0, 0.05) is 21.7 Å². The quantitative estimate of drug-likeness (QED) is 0.487. The summed E-state index contributed by atoms with van der Waals surface area (Å²) in [5.74, 6) is 0.445. The highest BCUT2D eigenvalue weighted by Crippen LogP contribution is 2.19. The van der Waals surface area contributed by atoms with Crippen LogP contribution in [0.2, 0.25) is 5.02 Å². The molecule has 0 aliphatic heterocycles. The van der Waals surface area contributed by atoms with Gasteiger partial charge < -0.3 is 15.0 Å². The van der Waals surface area contributed by atoms with Crippen LogP contribution in [-0.4, -0.2) is 35.9 Å². The lowest BCUT2D eigenvalue weighted by molar-refractivity contribution is -0.142. The first-order chi connectivity index (χ1) is 13.8. The Balaban J connectivity index is 2.13. The van der Waals surface area contributed by atoms with Crippen LogP contribution in [0.15, 0.2) is 48.5 Å². The van der Waals surface area contributed by atoms with Crippen LogP contribution < -0.4 is 10.1 Å². The maximum Gasteiger partial charge on any atom is 0.261 e. The minimum absolute atomic E-state index is 0.160. The van der Waals surface area contributed by atoms with Gasteiger partial charge in [-0.25, -0.2) is 0 Å². The maximum atomic E-state index is 13.0. The minimum atomic E-state index is -0.655. The SMILES string of the molecule is CC(C)CNC(=O)[C@H](C)N(Cc1ccccc1Cl)C(=O)COc1ccc(I)cc1. The molecule has 7 heteroatoms. The summed E-state index contributed by atoms with van der Waals surface area (Å²) >= 11 is 8.48. The van der Waals surface area contributed by atoms with Gasteiger partial charge in [-0.05, 0) is 71.3 Å².